The summed E-state index contributed by atoms with van der Waals surface area (Å²) in [6.45, 7) is 23.8. The zero-order valence-corrected chi connectivity index (χ0v) is 30.1. The lowest BCUT2D eigenvalue weighted by Crippen LogP contribution is -2.41. The molecule has 1 aromatic carbocycles. The Balaban J connectivity index is 1.66. The number of carbonyl (C=O) groups excluding carboxylic acids is 1. The van der Waals surface area contributed by atoms with E-state index in [4.69, 9.17) is 24.5 Å². The number of methoxy groups -OCH3 is 1. The van der Waals surface area contributed by atoms with Gasteiger partial charge in [-0.05, 0) is 91.2 Å². The van der Waals surface area contributed by atoms with Crippen LogP contribution in [0.4, 0.5) is 5.82 Å². The van der Waals surface area contributed by atoms with Crippen LogP contribution in [-0.2, 0) is 20.7 Å². The van der Waals surface area contributed by atoms with Crippen molar-refractivity contribution >= 4 is 17.4 Å². The third-order valence-electron chi connectivity index (χ3n) is 9.56. The van der Waals surface area contributed by atoms with Crippen molar-refractivity contribution in [1.29, 1.82) is 0 Å². The fourth-order valence-electron chi connectivity index (χ4n) is 6.74. The van der Waals surface area contributed by atoms with Crippen LogP contribution in [0.15, 0.2) is 55.6 Å². The van der Waals surface area contributed by atoms with Crippen LogP contribution in [0.25, 0.3) is 22.6 Å². The quantitative estimate of drug-likeness (QED) is 0.113. The maximum atomic E-state index is 13.4. The summed E-state index contributed by atoms with van der Waals surface area (Å²) < 4.78 is 15.9. The highest BCUT2D eigenvalue weighted by atomic mass is 16.6. The van der Waals surface area contributed by atoms with Gasteiger partial charge in [-0.15, -0.1) is 13.2 Å². The number of piperidine rings is 1. The van der Waals surface area contributed by atoms with E-state index in [-0.39, 0.29) is 5.41 Å². The summed E-state index contributed by atoms with van der Waals surface area (Å²) in [5.41, 5.74) is 6.67. The van der Waals surface area contributed by atoms with Crippen LogP contribution in [-0.4, -0.2) is 55.9 Å². The molecule has 1 saturated heterocycles. The Kier molecular flexibility index (Phi) is 10.3. The van der Waals surface area contributed by atoms with Gasteiger partial charge >= 0.3 is 5.97 Å². The van der Waals surface area contributed by atoms with Crippen LogP contribution in [0.2, 0.25) is 0 Å². The molecule has 0 amide bonds. The number of fused-ring (bicyclic) bond motifs is 1. The molecule has 5 rings (SSSR count). The lowest BCUT2D eigenvalue weighted by atomic mass is 9.76. The van der Waals surface area contributed by atoms with Crippen molar-refractivity contribution in [2.24, 2.45) is 5.41 Å². The van der Waals surface area contributed by atoms with Gasteiger partial charge in [0.2, 0.25) is 0 Å². The zero-order chi connectivity index (χ0) is 34.8. The van der Waals surface area contributed by atoms with Crippen molar-refractivity contribution in [1.82, 2.24) is 24.1 Å². The maximum Gasteiger partial charge on any atom is 0.339 e. The van der Waals surface area contributed by atoms with Crippen LogP contribution in [0.3, 0.4) is 0 Å². The average molecular weight is 653 g/mol. The molecule has 0 radical (unpaired) electrons. The Bertz CT molecular complexity index is 1800. The summed E-state index contributed by atoms with van der Waals surface area (Å²) in [5.74, 6) is 1.39. The van der Waals surface area contributed by atoms with Crippen molar-refractivity contribution in [3.8, 4) is 16.9 Å². The van der Waals surface area contributed by atoms with Crippen molar-refractivity contribution in [2.45, 2.75) is 98.7 Å². The van der Waals surface area contributed by atoms with Gasteiger partial charge in [-0.25, -0.2) is 14.8 Å². The van der Waals surface area contributed by atoms with Crippen LogP contribution >= 0.6 is 0 Å². The largest absolute Gasteiger partial charge is 0.467 e. The van der Waals surface area contributed by atoms with Gasteiger partial charge in [0, 0.05) is 48.2 Å². The number of benzene rings is 1. The minimum Gasteiger partial charge on any atom is -0.467 e. The van der Waals surface area contributed by atoms with Crippen LogP contribution in [0.1, 0.15) is 94.4 Å². The summed E-state index contributed by atoms with van der Waals surface area (Å²) in [4.78, 5) is 25.6. The molecular formula is C39H52N6O3. The SMILES string of the molecule is C=CCCc1nc(C)c(C)n1-c1cccc(-c2cc3nc(C)c(C(OC(C)(C)C)C(=O)OC)c(N4CCC(C)(CCC=C)CC4)n3n2)c1. The number of imidazole rings is 1. The number of aromatic nitrogens is 5. The summed E-state index contributed by atoms with van der Waals surface area (Å²) in [5, 5.41) is 5.20. The van der Waals surface area contributed by atoms with Gasteiger partial charge in [0.1, 0.15) is 11.6 Å². The van der Waals surface area contributed by atoms with E-state index in [1.807, 2.05) is 50.4 Å². The first kappa shape index (κ1) is 35.1. The molecular weight excluding hydrogens is 600 g/mol. The predicted molar refractivity (Wildman–Crippen MR) is 193 cm³/mol. The number of aryl methyl sites for hydroxylation is 3. The van der Waals surface area contributed by atoms with E-state index in [0.717, 1.165) is 91.6 Å². The van der Waals surface area contributed by atoms with Crippen LogP contribution in [0.5, 0.6) is 0 Å². The highest BCUT2D eigenvalue weighted by Gasteiger charge is 2.37. The number of rotatable bonds is 12. The van der Waals surface area contributed by atoms with E-state index in [2.05, 4.69) is 67.7 Å². The monoisotopic (exact) mass is 652 g/mol. The summed E-state index contributed by atoms with van der Waals surface area (Å²) in [6.07, 6.45) is 8.77. The standard InChI is InChI=1S/C39H52N6O3/c1-11-13-18-32-40-26(3)28(5)44(32)30-17-15-16-29(24-30)31-25-33-41-27(4)34(35(37(46)47-10)48-38(6,7)8)36(45(33)42-31)43-22-20-39(9,21-23-43)19-14-12-2/h11-12,15-17,24-25,35H,1-2,13-14,18-23H2,3-10H3. The molecule has 4 heterocycles. The number of esters is 1. The Labute approximate surface area is 285 Å². The highest BCUT2D eigenvalue weighted by molar-refractivity contribution is 5.80. The van der Waals surface area contributed by atoms with E-state index in [1.54, 1.807) is 0 Å². The first-order valence-corrected chi connectivity index (χ1v) is 17.1. The normalized spacial score (nSPS) is 15.5. The molecule has 9 heteroatoms. The molecule has 1 aliphatic heterocycles. The van der Waals surface area contributed by atoms with Gasteiger partial charge in [-0.2, -0.15) is 9.61 Å². The highest BCUT2D eigenvalue weighted by Crippen LogP contribution is 2.41. The molecule has 1 unspecified atom stereocenters. The molecule has 1 aliphatic rings. The Morgan fingerprint density at radius 3 is 2.40 bits per heavy atom. The van der Waals surface area contributed by atoms with Gasteiger partial charge in [-0.1, -0.05) is 31.2 Å². The molecule has 0 bridgehead atoms. The molecule has 48 heavy (non-hydrogen) atoms. The fourth-order valence-corrected chi connectivity index (χ4v) is 6.74. The average Bonchev–Trinajstić information content (AvgIpc) is 3.60. The Morgan fingerprint density at radius 1 is 1.04 bits per heavy atom. The first-order chi connectivity index (χ1) is 22.8. The molecule has 0 saturated carbocycles. The van der Waals surface area contributed by atoms with Crippen molar-refractivity contribution in [3.05, 3.63) is 84.1 Å². The number of allylic oxidation sites excluding steroid dienone is 2. The van der Waals surface area contributed by atoms with E-state index in [9.17, 15) is 4.79 Å². The van der Waals surface area contributed by atoms with Crippen molar-refractivity contribution in [2.75, 3.05) is 25.1 Å². The molecule has 0 N–H and O–H groups in total. The lowest BCUT2D eigenvalue weighted by molar-refractivity contribution is -0.164. The van der Waals surface area contributed by atoms with E-state index >= 15 is 0 Å². The molecule has 1 atom stereocenters. The second-order valence-electron chi connectivity index (χ2n) is 14.4. The third-order valence-corrected chi connectivity index (χ3v) is 9.56. The summed E-state index contributed by atoms with van der Waals surface area (Å²) in [6, 6.07) is 10.4. The Morgan fingerprint density at radius 2 is 1.75 bits per heavy atom. The van der Waals surface area contributed by atoms with Crippen molar-refractivity contribution in [3.63, 3.8) is 0 Å². The Hall–Kier alpha value is -4.24. The first-order valence-electron chi connectivity index (χ1n) is 17.1. The van der Waals surface area contributed by atoms with E-state index in [1.165, 1.54) is 7.11 Å². The third kappa shape index (κ3) is 7.26. The van der Waals surface area contributed by atoms with E-state index < -0.39 is 17.7 Å². The van der Waals surface area contributed by atoms with E-state index in [0.29, 0.717) is 16.9 Å². The van der Waals surface area contributed by atoms with Crippen LogP contribution < -0.4 is 4.90 Å². The molecule has 4 aromatic rings. The maximum absolute atomic E-state index is 13.4. The second kappa shape index (κ2) is 14.1. The molecule has 0 aliphatic carbocycles. The minimum absolute atomic E-state index is 0.222. The number of hydrogen-bond acceptors (Lipinski definition) is 7. The molecule has 9 nitrogen and oxygen atoms in total. The minimum atomic E-state index is -0.964. The van der Waals surface area contributed by atoms with Crippen molar-refractivity contribution < 1.29 is 14.3 Å². The second-order valence-corrected chi connectivity index (χ2v) is 14.4. The summed E-state index contributed by atoms with van der Waals surface area (Å²) in [7, 11) is 1.40. The summed E-state index contributed by atoms with van der Waals surface area (Å²) >= 11 is 0. The van der Waals surface area contributed by atoms with Crippen LogP contribution in [0, 0.1) is 26.2 Å². The van der Waals surface area contributed by atoms with Gasteiger partial charge in [-0.3, -0.25) is 0 Å². The number of anilines is 1. The lowest BCUT2D eigenvalue weighted by Gasteiger charge is -2.41. The van der Waals surface area contributed by atoms with Gasteiger partial charge in [0.15, 0.2) is 11.8 Å². The number of nitrogens with zero attached hydrogens (tertiary/aromatic N) is 6. The smallest absolute Gasteiger partial charge is 0.339 e. The molecule has 256 valence electrons. The zero-order valence-electron chi connectivity index (χ0n) is 30.1. The topological polar surface area (TPSA) is 86.8 Å². The molecule has 3 aromatic heterocycles. The van der Waals surface area contributed by atoms with Gasteiger partial charge in [0.05, 0.1) is 29.7 Å². The molecule has 0 spiro atoms. The number of ether oxygens (including phenoxy) is 2. The number of carbonyl (C=O) groups is 1. The fraction of sp³-hybridized carbons (Fsp3) is 0.487. The molecule has 1 fully saturated rings. The number of hydrogen-bond donors (Lipinski definition) is 0. The predicted octanol–water partition coefficient (Wildman–Crippen LogP) is 8.23. The van der Waals surface area contributed by atoms with Gasteiger partial charge in [0.25, 0.3) is 0 Å². The van der Waals surface area contributed by atoms with Gasteiger partial charge < -0.3 is 18.9 Å².